The summed E-state index contributed by atoms with van der Waals surface area (Å²) in [5.74, 6) is 0. The van der Waals surface area contributed by atoms with Gasteiger partial charge in [0, 0.05) is 18.9 Å². The van der Waals surface area contributed by atoms with Gasteiger partial charge in [-0.2, -0.15) is 5.26 Å². The number of nitriles is 1. The molecule has 0 aliphatic heterocycles. The highest BCUT2D eigenvalue weighted by atomic mass is 15.1. The van der Waals surface area contributed by atoms with Gasteiger partial charge in [-0.15, -0.1) is 0 Å². The van der Waals surface area contributed by atoms with Gasteiger partial charge in [-0.25, -0.2) is 0 Å². The van der Waals surface area contributed by atoms with E-state index < -0.39 is 0 Å². The average molecular weight is 274 g/mol. The summed E-state index contributed by atoms with van der Waals surface area (Å²) in [5, 5.41) is 12.4. The molecular formula is C16H26N4. The van der Waals surface area contributed by atoms with Crippen LogP contribution in [0.25, 0.3) is 0 Å². The molecule has 0 radical (unpaired) electrons. The Morgan fingerprint density at radius 3 is 2.60 bits per heavy atom. The van der Waals surface area contributed by atoms with Crippen molar-refractivity contribution in [3.8, 4) is 6.07 Å². The van der Waals surface area contributed by atoms with Crippen LogP contribution in [0.3, 0.4) is 0 Å². The molecule has 1 aromatic rings. The molecule has 0 amide bonds. The monoisotopic (exact) mass is 274 g/mol. The minimum atomic E-state index is -0.355. The maximum atomic E-state index is 9.26. The molecule has 0 saturated carbocycles. The van der Waals surface area contributed by atoms with Gasteiger partial charge in [0.1, 0.15) is 5.54 Å². The Morgan fingerprint density at radius 2 is 2.05 bits per heavy atom. The van der Waals surface area contributed by atoms with Gasteiger partial charge in [0.2, 0.25) is 0 Å². The first kappa shape index (κ1) is 16.6. The van der Waals surface area contributed by atoms with E-state index in [-0.39, 0.29) is 5.54 Å². The molecule has 0 saturated heterocycles. The topological polar surface area (TPSA) is 52.0 Å². The van der Waals surface area contributed by atoms with Crippen LogP contribution in [0.4, 0.5) is 0 Å². The second kappa shape index (κ2) is 8.68. The first-order valence-electron chi connectivity index (χ1n) is 7.33. The van der Waals surface area contributed by atoms with Crippen LogP contribution in [-0.4, -0.2) is 42.6 Å². The Kier molecular flexibility index (Phi) is 7.21. The number of likely N-dealkylation sites (N-methyl/N-ethyl adjacent to an activating group) is 1. The summed E-state index contributed by atoms with van der Waals surface area (Å²) >= 11 is 0. The fraction of sp³-hybridized carbons (Fsp3) is 0.625. The van der Waals surface area contributed by atoms with Crippen LogP contribution in [0.1, 0.15) is 31.7 Å². The third-order valence-electron chi connectivity index (χ3n) is 3.97. The largest absolute Gasteiger partial charge is 0.306 e. The zero-order valence-corrected chi connectivity index (χ0v) is 12.9. The summed E-state index contributed by atoms with van der Waals surface area (Å²) in [5.41, 5.74) is 0.966. The molecule has 0 aromatic carbocycles. The zero-order valence-electron chi connectivity index (χ0n) is 12.9. The average Bonchev–Trinajstić information content (AvgIpc) is 2.51. The van der Waals surface area contributed by atoms with Gasteiger partial charge in [-0.1, -0.05) is 6.92 Å². The molecule has 0 fully saturated rings. The summed E-state index contributed by atoms with van der Waals surface area (Å²) in [7, 11) is 4.01. The molecule has 0 aliphatic rings. The van der Waals surface area contributed by atoms with Gasteiger partial charge in [0.25, 0.3) is 0 Å². The number of nitrogens with zero attached hydrogens (tertiary/aromatic N) is 3. The van der Waals surface area contributed by atoms with Crippen LogP contribution in [-0.2, 0) is 6.42 Å². The lowest BCUT2D eigenvalue weighted by molar-refractivity contribution is 0.303. The van der Waals surface area contributed by atoms with Crippen LogP contribution >= 0.6 is 0 Å². The zero-order chi connectivity index (χ0) is 14.8. The Hall–Kier alpha value is -1.44. The molecule has 1 aromatic heterocycles. The number of hydrogen-bond donors (Lipinski definition) is 1. The second-order valence-electron chi connectivity index (χ2n) is 5.31. The number of pyridine rings is 1. The maximum absolute atomic E-state index is 9.26. The van der Waals surface area contributed by atoms with Crippen LogP contribution in [0, 0.1) is 11.3 Å². The van der Waals surface area contributed by atoms with Gasteiger partial charge in [0.05, 0.1) is 6.07 Å². The second-order valence-corrected chi connectivity index (χ2v) is 5.31. The number of hydrogen-bond acceptors (Lipinski definition) is 4. The van der Waals surface area contributed by atoms with Crippen molar-refractivity contribution in [1.82, 2.24) is 15.2 Å². The standard InChI is InChI=1S/C16H26N4/c1-4-16(14-17,18-2)9-5-12-20(3)13-8-15-6-10-19-11-7-15/h6-7,10-11,18H,4-5,8-9,12-13H2,1-3H3. The molecule has 20 heavy (non-hydrogen) atoms. The predicted molar refractivity (Wildman–Crippen MR) is 82.4 cm³/mol. The molecular weight excluding hydrogens is 248 g/mol. The lowest BCUT2D eigenvalue weighted by Gasteiger charge is -2.25. The van der Waals surface area contributed by atoms with Crippen molar-refractivity contribution < 1.29 is 0 Å². The minimum Gasteiger partial charge on any atom is -0.306 e. The van der Waals surface area contributed by atoms with Crippen LogP contribution in [0.15, 0.2) is 24.5 Å². The van der Waals surface area contributed by atoms with Crippen LogP contribution in [0.5, 0.6) is 0 Å². The van der Waals surface area contributed by atoms with Crippen molar-refractivity contribution in [3.63, 3.8) is 0 Å². The highest BCUT2D eigenvalue weighted by molar-refractivity contribution is 5.10. The summed E-state index contributed by atoms with van der Waals surface area (Å²) in [6.45, 7) is 4.12. The molecule has 1 N–H and O–H groups in total. The van der Waals surface area contributed by atoms with Crippen LogP contribution in [0.2, 0.25) is 0 Å². The van der Waals surface area contributed by atoms with Crippen molar-refractivity contribution >= 4 is 0 Å². The van der Waals surface area contributed by atoms with Crippen molar-refractivity contribution in [3.05, 3.63) is 30.1 Å². The van der Waals surface area contributed by atoms with Gasteiger partial charge < -0.3 is 10.2 Å². The van der Waals surface area contributed by atoms with E-state index in [2.05, 4.69) is 47.4 Å². The number of rotatable bonds is 9. The van der Waals surface area contributed by atoms with E-state index in [1.165, 1.54) is 5.56 Å². The van der Waals surface area contributed by atoms with Crippen molar-refractivity contribution in [2.45, 2.75) is 38.1 Å². The molecule has 1 rings (SSSR count). The van der Waals surface area contributed by atoms with Gasteiger partial charge >= 0.3 is 0 Å². The lowest BCUT2D eigenvalue weighted by Crippen LogP contribution is -2.41. The number of nitrogens with one attached hydrogen (secondary N) is 1. The molecule has 110 valence electrons. The van der Waals surface area contributed by atoms with E-state index in [1.807, 2.05) is 19.4 Å². The first-order chi connectivity index (χ1) is 9.65. The Bertz CT molecular complexity index is 406. The van der Waals surface area contributed by atoms with Gasteiger partial charge in [-0.05, 0) is 64.0 Å². The van der Waals surface area contributed by atoms with E-state index in [0.717, 1.165) is 38.8 Å². The number of aromatic nitrogens is 1. The van der Waals surface area contributed by atoms with E-state index in [0.29, 0.717) is 0 Å². The molecule has 4 nitrogen and oxygen atoms in total. The van der Waals surface area contributed by atoms with Crippen molar-refractivity contribution in [2.24, 2.45) is 0 Å². The van der Waals surface area contributed by atoms with E-state index in [1.54, 1.807) is 0 Å². The highest BCUT2D eigenvalue weighted by Gasteiger charge is 2.24. The molecule has 1 atom stereocenters. The smallest absolute Gasteiger partial charge is 0.106 e. The quantitative estimate of drug-likeness (QED) is 0.750. The van der Waals surface area contributed by atoms with E-state index in [9.17, 15) is 5.26 Å². The summed E-state index contributed by atoms with van der Waals surface area (Å²) in [6, 6.07) is 6.53. The van der Waals surface area contributed by atoms with Crippen molar-refractivity contribution in [2.75, 3.05) is 27.2 Å². The molecule has 4 heteroatoms. The molecule has 0 aliphatic carbocycles. The summed E-state index contributed by atoms with van der Waals surface area (Å²) in [6.07, 6.45) is 7.50. The molecule has 0 bridgehead atoms. The normalized spacial score (nSPS) is 13.9. The van der Waals surface area contributed by atoms with E-state index in [4.69, 9.17) is 0 Å². The fourth-order valence-corrected chi connectivity index (χ4v) is 2.30. The van der Waals surface area contributed by atoms with Gasteiger partial charge in [-0.3, -0.25) is 4.98 Å². The Morgan fingerprint density at radius 1 is 1.35 bits per heavy atom. The fourth-order valence-electron chi connectivity index (χ4n) is 2.30. The van der Waals surface area contributed by atoms with Crippen molar-refractivity contribution in [1.29, 1.82) is 5.26 Å². The first-order valence-corrected chi connectivity index (χ1v) is 7.33. The maximum Gasteiger partial charge on any atom is 0.106 e. The molecule has 1 heterocycles. The van der Waals surface area contributed by atoms with Crippen LogP contribution < -0.4 is 5.32 Å². The van der Waals surface area contributed by atoms with Gasteiger partial charge in [0.15, 0.2) is 0 Å². The molecule has 1 unspecified atom stereocenters. The summed E-state index contributed by atoms with van der Waals surface area (Å²) < 4.78 is 0. The van der Waals surface area contributed by atoms with E-state index >= 15 is 0 Å². The third kappa shape index (κ3) is 5.28. The minimum absolute atomic E-state index is 0.355. The predicted octanol–water partition coefficient (Wildman–Crippen LogP) is 2.23. The Labute approximate surface area is 122 Å². The highest BCUT2D eigenvalue weighted by Crippen LogP contribution is 2.16. The Balaban J connectivity index is 2.27. The molecule has 0 spiro atoms. The SMILES string of the molecule is CCC(C#N)(CCCN(C)CCc1ccncc1)NC. The third-order valence-corrected chi connectivity index (χ3v) is 3.97. The summed E-state index contributed by atoms with van der Waals surface area (Å²) in [4.78, 5) is 6.35. The lowest BCUT2D eigenvalue weighted by atomic mass is 9.92.